The molecule has 0 aromatic carbocycles. The Hall–Kier alpha value is -3.60. The van der Waals surface area contributed by atoms with Gasteiger partial charge in [-0.1, -0.05) is 24.6 Å². The number of allylic oxidation sites excluding steroid dienone is 2. The molecule has 2 aliphatic rings. The molecule has 3 N–H and O–H groups in total. The van der Waals surface area contributed by atoms with Gasteiger partial charge in [-0.25, -0.2) is 9.31 Å². The topological polar surface area (TPSA) is 138 Å². The molecule has 0 spiro atoms. The molecular weight excluding hydrogens is 500 g/mol. The zero-order valence-corrected chi connectivity index (χ0v) is 22.0. The van der Waals surface area contributed by atoms with Gasteiger partial charge in [0.15, 0.2) is 0 Å². The lowest BCUT2D eigenvalue weighted by molar-refractivity contribution is -0.118. The van der Waals surface area contributed by atoms with Crippen LogP contribution in [-0.2, 0) is 9.53 Å². The van der Waals surface area contributed by atoms with Crippen molar-refractivity contribution in [1.82, 2.24) is 30.3 Å². The number of likely N-dealkylation sites (tertiary alicyclic amines) is 1. The van der Waals surface area contributed by atoms with Gasteiger partial charge in [-0.3, -0.25) is 25.2 Å². The fourth-order valence-corrected chi connectivity index (χ4v) is 4.86. The molecule has 1 aliphatic carbocycles. The average molecular weight is 531 g/mol. The van der Waals surface area contributed by atoms with Crippen LogP contribution >= 0.6 is 11.6 Å². The van der Waals surface area contributed by atoms with Gasteiger partial charge in [0.2, 0.25) is 0 Å². The Labute approximate surface area is 218 Å². The number of carbonyl (C=O) groups excluding carboxylic acids is 3. The van der Waals surface area contributed by atoms with Crippen molar-refractivity contribution in [1.29, 1.82) is 0 Å². The van der Waals surface area contributed by atoms with Crippen molar-refractivity contribution in [3.05, 3.63) is 56.6 Å². The smallest absolute Gasteiger partial charge is 0.410 e. The van der Waals surface area contributed by atoms with Crippen molar-refractivity contribution < 1.29 is 19.1 Å². The molecule has 1 aliphatic heterocycles. The predicted octanol–water partition coefficient (Wildman–Crippen LogP) is 2.99. The number of aromatic amines is 1. The monoisotopic (exact) mass is 530 g/mol. The van der Waals surface area contributed by atoms with Crippen molar-refractivity contribution in [3.8, 4) is 0 Å². The number of hydrogen-bond acceptors (Lipinski definition) is 6. The second kappa shape index (κ2) is 10.4. The van der Waals surface area contributed by atoms with E-state index in [4.69, 9.17) is 16.3 Å². The van der Waals surface area contributed by atoms with Crippen LogP contribution < -0.4 is 16.4 Å². The fourth-order valence-electron chi connectivity index (χ4n) is 4.50. The van der Waals surface area contributed by atoms with Crippen LogP contribution in [0, 0.1) is 5.92 Å². The summed E-state index contributed by atoms with van der Waals surface area (Å²) >= 11 is 6.08. The quantitative estimate of drug-likeness (QED) is 0.521. The lowest BCUT2D eigenvalue weighted by Gasteiger charge is -2.33. The number of piperidine rings is 1. The molecule has 12 heteroatoms. The zero-order valence-electron chi connectivity index (χ0n) is 21.3. The highest BCUT2D eigenvalue weighted by atomic mass is 35.5. The van der Waals surface area contributed by atoms with E-state index in [9.17, 15) is 19.2 Å². The Morgan fingerprint density at radius 2 is 1.84 bits per heavy atom. The normalized spacial score (nSPS) is 18.7. The fraction of sp³-hybridized carbons (Fsp3) is 0.480. The third-order valence-electron chi connectivity index (χ3n) is 6.19. The largest absolute Gasteiger partial charge is 0.444 e. The van der Waals surface area contributed by atoms with Gasteiger partial charge in [0.25, 0.3) is 17.4 Å². The lowest BCUT2D eigenvalue weighted by Crippen LogP contribution is -2.42. The first-order chi connectivity index (χ1) is 17.4. The Morgan fingerprint density at radius 3 is 2.49 bits per heavy atom. The number of halogens is 1. The summed E-state index contributed by atoms with van der Waals surface area (Å²) in [7, 11) is 0. The molecule has 2 aromatic rings. The second-order valence-corrected chi connectivity index (χ2v) is 10.9. The van der Waals surface area contributed by atoms with Crippen molar-refractivity contribution in [2.45, 2.75) is 58.5 Å². The second-order valence-electron chi connectivity index (χ2n) is 10.4. The minimum absolute atomic E-state index is 0.0456. The number of hydrazine groups is 1. The number of aromatic nitrogens is 3. The molecule has 0 bridgehead atoms. The number of nitrogens with one attached hydrogen (secondary N) is 3. The summed E-state index contributed by atoms with van der Waals surface area (Å²) in [5.41, 5.74) is 5.13. The van der Waals surface area contributed by atoms with Crippen molar-refractivity contribution in [2.75, 3.05) is 13.1 Å². The minimum Gasteiger partial charge on any atom is -0.444 e. The number of hydrogen-bond donors (Lipinski definition) is 3. The van der Waals surface area contributed by atoms with Crippen LogP contribution in [0.25, 0.3) is 5.65 Å². The maximum Gasteiger partial charge on any atom is 0.410 e. The number of H-pyrrole nitrogens is 1. The average Bonchev–Trinajstić information content (AvgIpc) is 3.24. The Balaban J connectivity index is 1.46. The van der Waals surface area contributed by atoms with Crippen LogP contribution in [0.15, 0.2) is 39.8 Å². The zero-order chi connectivity index (χ0) is 26.9. The summed E-state index contributed by atoms with van der Waals surface area (Å²) in [6, 6.07) is 1.46. The molecule has 4 rings (SSSR count). The molecule has 0 radical (unpaired) electrons. The summed E-state index contributed by atoms with van der Waals surface area (Å²) in [6.45, 7) is 8.35. The highest BCUT2D eigenvalue weighted by Gasteiger charge is 2.29. The van der Waals surface area contributed by atoms with E-state index in [0.717, 1.165) is 0 Å². The third-order valence-corrected chi connectivity index (χ3v) is 6.45. The van der Waals surface area contributed by atoms with Crippen LogP contribution in [0.4, 0.5) is 4.79 Å². The highest BCUT2D eigenvalue weighted by Crippen LogP contribution is 2.29. The van der Waals surface area contributed by atoms with Crippen LogP contribution in [0.2, 0.25) is 0 Å². The van der Waals surface area contributed by atoms with Crippen molar-refractivity contribution in [2.24, 2.45) is 5.92 Å². The summed E-state index contributed by atoms with van der Waals surface area (Å²) in [5.74, 6) is -1.07. The number of ether oxygens (including phenoxy) is 1. The molecule has 1 saturated heterocycles. The van der Waals surface area contributed by atoms with Crippen LogP contribution in [0.1, 0.15) is 68.9 Å². The molecule has 1 unspecified atom stereocenters. The Morgan fingerprint density at radius 1 is 1.16 bits per heavy atom. The van der Waals surface area contributed by atoms with E-state index in [1.54, 1.807) is 17.1 Å². The molecule has 11 nitrogen and oxygen atoms in total. The van der Waals surface area contributed by atoms with Crippen LogP contribution in [0.3, 0.4) is 0 Å². The van der Waals surface area contributed by atoms with E-state index in [0.29, 0.717) is 48.7 Å². The molecule has 1 fully saturated rings. The molecule has 3 heterocycles. The Bertz CT molecular complexity index is 1340. The summed E-state index contributed by atoms with van der Waals surface area (Å²) in [6.07, 6.45) is 6.20. The SMILES string of the molecule is CC1C=C(C(=O)NNC(=O)c2cnn3c(C4CCN(C(=O)OC(C)(C)C)CC4)cc(=O)[nH]c23)C=C(Cl)C1. The van der Waals surface area contributed by atoms with Gasteiger partial charge >= 0.3 is 6.09 Å². The number of carbonyl (C=O) groups is 3. The first kappa shape index (κ1) is 26.5. The van der Waals surface area contributed by atoms with E-state index in [1.807, 2.05) is 27.7 Å². The van der Waals surface area contributed by atoms with Crippen LogP contribution in [0.5, 0.6) is 0 Å². The minimum atomic E-state index is -0.629. The summed E-state index contributed by atoms with van der Waals surface area (Å²) < 4.78 is 6.98. The molecule has 2 aromatic heterocycles. The summed E-state index contributed by atoms with van der Waals surface area (Å²) in [4.78, 5) is 54.5. The molecule has 0 saturated carbocycles. The van der Waals surface area contributed by atoms with E-state index in [2.05, 4.69) is 20.9 Å². The van der Waals surface area contributed by atoms with E-state index < -0.39 is 17.4 Å². The first-order valence-electron chi connectivity index (χ1n) is 12.2. The van der Waals surface area contributed by atoms with Gasteiger partial charge in [0.1, 0.15) is 16.8 Å². The van der Waals surface area contributed by atoms with E-state index in [-0.39, 0.29) is 34.7 Å². The van der Waals surface area contributed by atoms with Gasteiger partial charge in [0.05, 0.1) is 11.9 Å². The van der Waals surface area contributed by atoms with Gasteiger partial charge < -0.3 is 14.6 Å². The number of fused-ring (bicyclic) bond motifs is 1. The highest BCUT2D eigenvalue weighted by molar-refractivity contribution is 6.30. The lowest BCUT2D eigenvalue weighted by atomic mass is 9.93. The maximum absolute atomic E-state index is 12.8. The molecule has 198 valence electrons. The van der Waals surface area contributed by atoms with Gasteiger partial charge in [-0.15, -0.1) is 0 Å². The molecule has 3 amide bonds. The number of nitrogens with zero attached hydrogens (tertiary/aromatic N) is 3. The van der Waals surface area contributed by atoms with Crippen molar-refractivity contribution >= 4 is 35.2 Å². The van der Waals surface area contributed by atoms with Gasteiger partial charge in [0, 0.05) is 35.7 Å². The Kier molecular flexibility index (Phi) is 7.44. The number of amides is 3. The van der Waals surface area contributed by atoms with E-state index in [1.165, 1.54) is 16.8 Å². The van der Waals surface area contributed by atoms with E-state index >= 15 is 0 Å². The first-order valence-corrected chi connectivity index (χ1v) is 12.6. The molecular formula is C25H31ClN6O5. The van der Waals surface area contributed by atoms with Crippen molar-refractivity contribution in [3.63, 3.8) is 0 Å². The van der Waals surface area contributed by atoms with Crippen LogP contribution in [-0.4, -0.2) is 56.1 Å². The third kappa shape index (κ3) is 6.22. The summed E-state index contributed by atoms with van der Waals surface area (Å²) in [5, 5.41) is 4.89. The molecule has 37 heavy (non-hydrogen) atoms. The maximum atomic E-state index is 12.8. The standard InChI is InChI=1S/C25H31ClN6O5/c1-14-9-16(11-17(26)10-14)22(34)29-30-23(35)18-13-27-32-19(12-20(33)28-21(18)32)15-5-7-31(8-6-15)24(36)37-25(2,3)4/h9,11-15H,5-8,10H2,1-4H3,(H,28,33)(H,29,34)(H,30,35). The molecule has 1 atom stereocenters. The number of rotatable bonds is 3. The van der Waals surface area contributed by atoms with Gasteiger partial charge in [-0.2, -0.15) is 5.10 Å². The van der Waals surface area contributed by atoms with Gasteiger partial charge in [-0.05, 0) is 52.0 Å². The predicted molar refractivity (Wildman–Crippen MR) is 137 cm³/mol.